The van der Waals surface area contributed by atoms with Gasteiger partial charge in [-0.25, -0.2) is 0 Å². The number of thioether (sulfide) groups is 1. The van der Waals surface area contributed by atoms with E-state index in [1.807, 2.05) is 36.4 Å². The van der Waals surface area contributed by atoms with Crippen LogP contribution >= 0.6 is 46.6 Å². The second kappa shape index (κ2) is 7.02. The summed E-state index contributed by atoms with van der Waals surface area (Å²) in [5.74, 6) is 1.30. The number of halogens is 1. The van der Waals surface area contributed by atoms with E-state index in [0.717, 1.165) is 11.3 Å². The van der Waals surface area contributed by atoms with Gasteiger partial charge in [-0.1, -0.05) is 42.2 Å². The summed E-state index contributed by atoms with van der Waals surface area (Å²) in [6.07, 6.45) is 3.40. The Hall–Kier alpha value is -1.38. The predicted molar refractivity (Wildman–Crippen MR) is 107 cm³/mol. The van der Waals surface area contributed by atoms with E-state index in [4.69, 9.17) is 16.6 Å². The van der Waals surface area contributed by atoms with Crippen LogP contribution in [0.2, 0.25) is 0 Å². The van der Waals surface area contributed by atoms with Crippen LogP contribution in [-0.4, -0.2) is 21.7 Å². The highest BCUT2D eigenvalue weighted by molar-refractivity contribution is 14.1. The van der Waals surface area contributed by atoms with Gasteiger partial charge in [0.15, 0.2) is 0 Å². The fraction of sp³-hybridized carbons (Fsp3) is 0.0588. The van der Waals surface area contributed by atoms with Gasteiger partial charge in [-0.05, 0) is 46.9 Å². The molecule has 0 saturated carbocycles. The van der Waals surface area contributed by atoms with E-state index in [-0.39, 0.29) is 5.91 Å². The molecule has 1 aromatic carbocycles. The molecule has 3 nitrogen and oxygen atoms in total. The zero-order chi connectivity index (χ0) is 16.4. The largest absolute Gasteiger partial charge is 0.457 e. The van der Waals surface area contributed by atoms with Gasteiger partial charge in [0, 0.05) is 21.8 Å². The van der Waals surface area contributed by atoms with Crippen LogP contribution in [0.3, 0.4) is 0 Å². The smallest absolute Gasteiger partial charge is 0.266 e. The summed E-state index contributed by atoms with van der Waals surface area (Å²) in [5, 5.41) is 0. The van der Waals surface area contributed by atoms with Crippen LogP contribution in [0.1, 0.15) is 5.76 Å². The van der Waals surface area contributed by atoms with Crippen molar-refractivity contribution in [3.05, 3.63) is 63.3 Å². The van der Waals surface area contributed by atoms with E-state index < -0.39 is 0 Å². The first kappa shape index (κ1) is 16.5. The van der Waals surface area contributed by atoms with Crippen molar-refractivity contribution in [2.45, 2.75) is 0 Å². The van der Waals surface area contributed by atoms with Gasteiger partial charge in [-0.2, -0.15) is 0 Å². The fourth-order valence-electron chi connectivity index (χ4n) is 2.12. The number of carbonyl (C=O) groups excluding carboxylic acids is 1. The molecule has 0 radical (unpaired) electrons. The zero-order valence-electron chi connectivity index (χ0n) is 12.0. The van der Waals surface area contributed by atoms with Crippen molar-refractivity contribution in [1.29, 1.82) is 0 Å². The zero-order valence-corrected chi connectivity index (χ0v) is 15.8. The summed E-state index contributed by atoms with van der Waals surface area (Å²) in [4.78, 5) is 14.4. The van der Waals surface area contributed by atoms with Gasteiger partial charge in [0.25, 0.3) is 5.91 Å². The molecule has 1 saturated heterocycles. The summed E-state index contributed by atoms with van der Waals surface area (Å²) < 4.78 is 7.54. The average molecular weight is 453 g/mol. The normalized spacial score (nSPS) is 16.4. The van der Waals surface area contributed by atoms with E-state index in [9.17, 15) is 4.79 Å². The van der Waals surface area contributed by atoms with Crippen molar-refractivity contribution < 1.29 is 9.21 Å². The summed E-state index contributed by atoms with van der Waals surface area (Å²) in [7, 11) is 0. The lowest BCUT2D eigenvalue weighted by atomic mass is 10.2. The highest BCUT2D eigenvalue weighted by Crippen LogP contribution is 2.33. The van der Waals surface area contributed by atoms with Gasteiger partial charge in [0.1, 0.15) is 15.8 Å². The lowest BCUT2D eigenvalue weighted by Gasteiger charge is -2.10. The Bertz CT molecular complexity index is 808. The number of furan rings is 1. The third kappa shape index (κ3) is 3.59. The number of nitrogens with zero attached hydrogens (tertiary/aromatic N) is 1. The Labute approximate surface area is 157 Å². The maximum Gasteiger partial charge on any atom is 0.266 e. The Kier molecular flexibility index (Phi) is 5.03. The topological polar surface area (TPSA) is 33.5 Å². The third-order valence-electron chi connectivity index (χ3n) is 3.21. The van der Waals surface area contributed by atoms with E-state index in [0.29, 0.717) is 21.5 Å². The lowest BCUT2D eigenvalue weighted by molar-refractivity contribution is -0.121. The van der Waals surface area contributed by atoms with Crippen LogP contribution in [0.4, 0.5) is 0 Å². The standard InChI is InChI=1S/C17H12INO2S2/c1-2-9-19-16(20)15(23-17(19)22)10-13-7-8-14(21-13)11-3-5-12(18)6-4-11/h2-8,10H,1,9H2/b15-10+. The van der Waals surface area contributed by atoms with Crippen molar-refractivity contribution in [1.82, 2.24) is 4.90 Å². The van der Waals surface area contributed by atoms with Crippen LogP contribution in [0.5, 0.6) is 0 Å². The van der Waals surface area contributed by atoms with Crippen molar-refractivity contribution in [2.75, 3.05) is 6.54 Å². The lowest BCUT2D eigenvalue weighted by Crippen LogP contribution is -2.27. The molecule has 0 bridgehead atoms. The summed E-state index contributed by atoms with van der Waals surface area (Å²) in [5.41, 5.74) is 1.00. The molecule has 3 rings (SSSR count). The number of hydrogen-bond acceptors (Lipinski definition) is 4. The SMILES string of the molecule is C=CCN1C(=O)/C(=C\c2ccc(-c3ccc(I)cc3)o2)SC1=S. The van der Waals surface area contributed by atoms with E-state index >= 15 is 0 Å². The minimum absolute atomic E-state index is 0.105. The first-order chi connectivity index (χ1) is 11.1. The summed E-state index contributed by atoms with van der Waals surface area (Å²) >= 11 is 8.76. The third-order valence-corrected chi connectivity index (χ3v) is 5.31. The van der Waals surface area contributed by atoms with Gasteiger partial charge in [0.2, 0.25) is 0 Å². The Balaban J connectivity index is 1.84. The summed E-state index contributed by atoms with van der Waals surface area (Å²) in [6, 6.07) is 11.8. The molecule has 0 N–H and O–H groups in total. The Morgan fingerprint density at radius 1 is 1.26 bits per heavy atom. The first-order valence-corrected chi connectivity index (χ1v) is 9.11. The van der Waals surface area contributed by atoms with Crippen LogP contribution in [0.25, 0.3) is 17.4 Å². The van der Waals surface area contributed by atoms with Gasteiger partial charge in [-0.3, -0.25) is 9.69 Å². The van der Waals surface area contributed by atoms with Gasteiger partial charge in [0.05, 0.1) is 4.91 Å². The van der Waals surface area contributed by atoms with E-state index in [2.05, 4.69) is 29.2 Å². The maximum atomic E-state index is 12.3. The molecular formula is C17H12INO2S2. The molecule has 1 aromatic heterocycles. The monoisotopic (exact) mass is 453 g/mol. The van der Waals surface area contributed by atoms with Crippen LogP contribution in [0, 0.1) is 3.57 Å². The molecule has 2 heterocycles. The van der Waals surface area contributed by atoms with E-state index in [1.54, 1.807) is 12.2 Å². The number of benzene rings is 1. The molecule has 0 aliphatic carbocycles. The van der Waals surface area contributed by atoms with Gasteiger partial charge in [-0.15, -0.1) is 6.58 Å². The quantitative estimate of drug-likeness (QED) is 0.284. The Morgan fingerprint density at radius 3 is 2.70 bits per heavy atom. The molecule has 0 unspecified atom stereocenters. The second-order valence-electron chi connectivity index (χ2n) is 4.79. The molecular weight excluding hydrogens is 441 g/mol. The molecule has 2 aromatic rings. The summed E-state index contributed by atoms with van der Waals surface area (Å²) in [6.45, 7) is 4.07. The number of amides is 1. The highest BCUT2D eigenvalue weighted by atomic mass is 127. The maximum absolute atomic E-state index is 12.3. The molecule has 1 aliphatic heterocycles. The fourth-order valence-corrected chi connectivity index (χ4v) is 3.73. The Morgan fingerprint density at radius 2 is 2.00 bits per heavy atom. The van der Waals surface area contributed by atoms with Gasteiger partial charge < -0.3 is 4.42 Å². The average Bonchev–Trinajstić information content (AvgIpc) is 3.09. The van der Waals surface area contributed by atoms with Gasteiger partial charge >= 0.3 is 0 Å². The number of carbonyl (C=O) groups is 1. The number of rotatable bonds is 4. The number of hydrogen-bond donors (Lipinski definition) is 0. The van der Waals surface area contributed by atoms with Crippen molar-refractivity contribution in [3.63, 3.8) is 0 Å². The van der Waals surface area contributed by atoms with Crippen molar-refractivity contribution in [2.24, 2.45) is 0 Å². The van der Waals surface area contributed by atoms with E-state index in [1.165, 1.54) is 20.2 Å². The molecule has 0 spiro atoms. The molecule has 1 amide bonds. The minimum atomic E-state index is -0.105. The highest BCUT2D eigenvalue weighted by Gasteiger charge is 2.31. The van der Waals surface area contributed by atoms with Crippen molar-refractivity contribution >= 4 is 62.9 Å². The number of thiocarbonyl (C=S) groups is 1. The molecule has 6 heteroatoms. The minimum Gasteiger partial charge on any atom is -0.457 e. The predicted octanol–water partition coefficient (Wildman–Crippen LogP) is 4.94. The van der Waals surface area contributed by atoms with Crippen LogP contribution in [-0.2, 0) is 4.79 Å². The van der Waals surface area contributed by atoms with Crippen LogP contribution < -0.4 is 0 Å². The molecule has 0 atom stereocenters. The molecule has 23 heavy (non-hydrogen) atoms. The first-order valence-electron chi connectivity index (χ1n) is 6.80. The molecule has 116 valence electrons. The second-order valence-corrected chi connectivity index (χ2v) is 7.71. The van der Waals surface area contributed by atoms with Crippen LogP contribution in [0.15, 0.2) is 58.4 Å². The molecule has 1 fully saturated rings. The van der Waals surface area contributed by atoms with Crippen molar-refractivity contribution in [3.8, 4) is 11.3 Å². The molecule has 1 aliphatic rings.